The number of halogens is 2. The highest BCUT2D eigenvalue weighted by Crippen LogP contribution is 2.44. The van der Waals surface area contributed by atoms with Crippen LogP contribution in [-0.2, 0) is 17.6 Å². The molecule has 2 N–H and O–H groups in total. The fourth-order valence-electron chi connectivity index (χ4n) is 7.33. The topological polar surface area (TPSA) is 133 Å². The number of hydrogen-bond donors (Lipinski definition) is 1. The van der Waals surface area contributed by atoms with Crippen LogP contribution < -0.4 is 10.5 Å². The Balaban J connectivity index is 0.00000220. The number of carbonyl (C=O) groups excluding carboxylic acids is 3. The third-order valence-electron chi connectivity index (χ3n) is 9.40. The second-order valence-corrected chi connectivity index (χ2v) is 14.5. The molecular formula is C38H42Cl2N6O5. The molecule has 0 saturated carbocycles. The van der Waals surface area contributed by atoms with Gasteiger partial charge < -0.3 is 25.0 Å². The highest BCUT2D eigenvalue weighted by Gasteiger charge is 2.48. The van der Waals surface area contributed by atoms with Crippen molar-refractivity contribution in [3.05, 3.63) is 81.2 Å². The quantitative estimate of drug-likeness (QED) is 0.227. The van der Waals surface area contributed by atoms with E-state index in [0.717, 1.165) is 22.4 Å². The van der Waals surface area contributed by atoms with E-state index in [1.807, 2.05) is 51.7 Å². The number of pyridine rings is 1. The SMILES string of the molecule is CC.COc1cc2c(cc1-c1cncc(C(N)=O)c1)-c1c(c(C(=O)N3CCC4C3CCN4C(=O)OC(C)(C)C)nn1-c1cc(Cl)cc(Cl)c1)CC2. The van der Waals surface area contributed by atoms with Crippen LogP contribution in [0.15, 0.2) is 48.8 Å². The van der Waals surface area contributed by atoms with E-state index in [9.17, 15) is 14.4 Å². The van der Waals surface area contributed by atoms with E-state index < -0.39 is 11.5 Å². The number of aryl methyl sites for hydroxylation is 1. The van der Waals surface area contributed by atoms with Crippen LogP contribution in [0, 0.1) is 0 Å². The Morgan fingerprint density at radius 2 is 1.55 bits per heavy atom. The first-order chi connectivity index (χ1) is 24.3. The molecule has 13 heteroatoms. The zero-order chi connectivity index (χ0) is 36.8. The summed E-state index contributed by atoms with van der Waals surface area (Å²) in [5.41, 5.74) is 10.9. The normalized spacial score (nSPS) is 17.6. The van der Waals surface area contributed by atoms with Crippen molar-refractivity contribution < 1.29 is 23.9 Å². The van der Waals surface area contributed by atoms with E-state index in [1.54, 1.807) is 47.2 Å². The highest BCUT2D eigenvalue weighted by atomic mass is 35.5. The minimum absolute atomic E-state index is 0.121. The van der Waals surface area contributed by atoms with Gasteiger partial charge in [0.15, 0.2) is 5.69 Å². The molecule has 1 aliphatic carbocycles. The fourth-order valence-corrected chi connectivity index (χ4v) is 7.85. The van der Waals surface area contributed by atoms with Crippen molar-refractivity contribution in [1.82, 2.24) is 24.6 Å². The summed E-state index contributed by atoms with van der Waals surface area (Å²) in [4.78, 5) is 47.4. The molecule has 11 nitrogen and oxygen atoms in total. The average molecular weight is 734 g/mol. The van der Waals surface area contributed by atoms with E-state index >= 15 is 0 Å². The van der Waals surface area contributed by atoms with E-state index in [1.165, 1.54) is 6.20 Å². The maximum atomic E-state index is 14.5. The lowest BCUT2D eigenvalue weighted by molar-refractivity contribution is 0.0221. The lowest BCUT2D eigenvalue weighted by Gasteiger charge is -2.28. The largest absolute Gasteiger partial charge is 0.496 e. The zero-order valence-corrected chi connectivity index (χ0v) is 31.1. The van der Waals surface area contributed by atoms with Gasteiger partial charge in [0.1, 0.15) is 11.4 Å². The van der Waals surface area contributed by atoms with Crippen LogP contribution in [0.5, 0.6) is 5.75 Å². The Kier molecular flexibility index (Phi) is 10.1. The Labute approximate surface area is 307 Å². The van der Waals surface area contributed by atoms with Gasteiger partial charge in [-0.15, -0.1) is 0 Å². The van der Waals surface area contributed by atoms with Gasteiger partial charge in [-0.25, -0.2) is 9.48 Å². The molecule has 7 rings (SSSR count). The summed E-state index contributed by atoms with van der Waals surface area (Å²) < 4.78 is 13.2. The van der Waals surface area contributed by atoms with Gasteiger partial charge in [0.2, 0.25) is 5.91 Å². The van der Waals surface area contributed by atoms with E-state index in [0.29, 0.717) is 77.1 Å². The van der Waals surface area contributed by atoms with Crippen molar-refractivity contribution in [3.63, 3.8) is 0 Å². The molecule has 2 aromatic carbocycles. The maximum absolute atomic E-state index is 14.5. The minimum Gasteiger partial charge on any atom is -0.496 e. The third-order valence-corrected chi connectivity index (χ3v) is 9.84. The molecule has 51 heavy (non-hydrogen) atoms. The molecule has 3 amide bonds. The number of aromatic nitrogens is 3. The van der Waals surface area contributed by atoms with Crippen LogP contribution in [0.3, 0.4) is 0 Å². The predicted molar refractivity (Wildman–Crippen MR) is 197 cm³/mol. The van der Waals surface area contributed by atoms with Crippen molar-refractivity contribution >= 4 is 41.1 Å². The van der Waals surface area contributed by atoms with Gasteiger partial charge in [-0.05, 0) is 88.4 Å². The number of ether oxygens (including phenoxy) is 2. The molecule has 0 spiro atoms. The lowest BCUT2D eigenvalue weighted by Crippen LogP contribution is -2.43. The monoisotopic (exact) mass is 732 g/mol. The number of nitrogens with zero attached hydrogens (tertiary/aromatic N) is 5. The van der Waals surface area contributed by atoms with Gasteiger partial charge >= 0.3 is 6.09 Å². The zero-order valence-electron chi connectivity index (χ0n) is 29.6. The summed E-state index contributed by atoms with van der Waals surface area (Å²) >= 11 is 13.0. The van der Waals surface area contributed by atoms with Crippen molar-refractivity contribution in [2.75, 3.05) is 20.2 Å². The van der Waals surface area contributed by atoms with Gasteiger partial charge in [0, 0.05) is 57.8 Å². The van der Waals surface area contributed by atoms with Crippen molar-refractivity contribution in [1.29, 1.82) is 0 Å². The number of likely N-dealkylation sites (tertiary alicyclic amines) is 2. The molecule has 268 valence electrons. The standard InChI is InChI=1S/C36H36Cl2N6O5.C2H6/c1-36(2,3)49-35(47)43-10-8-28-29(43)7-9-42(28)34(46)31-25-6-5-19-12-30(48-4)26(20-11-21(33(39)45)18-40-17-20)16-27(19)32(25)44(41-31)24-14-22(37)13-23(38)15-24;1-2/h11-18,28-29H,5-10H2,1-4H3,(H2,39,45);1-2H3. The summed E-state index contributed by atoms with van der Waals surface area (Å²) in [7, 11) is 1.59. The van der Waals surface area contributed by atoms with E-state index in [2.05, 4.69) is 4.98 Å². The van der Waals surface area contributed by atoms with Gasteiger partial charge in [-0.2, -0.15) is 5.10 Å². The Bertz CT molecular complexity index is 2000. The predicted octanol–water partition coefficient (Wildman–Crippen LogP) is 7.36. The smallest absolute Gasteiger partial charge is 0.410 e. The molecule has 2 aromatic heterocycles. The van der Waals surface area contributed by atoms with E-state index in [-0.39, 0.29) is 29.6 Å². The molecule has 3 aliphatic rings. The van der Waals surface area contributed by atoms with Crippen LogP contribution in [-0.4, -0.2) is 80.4 Å². The first-order valence-corrected chi connectivity index (χ1v) is 17.9. The number of rotatable bonds is 5. The fraction of sp³-hybridized carbons (Fsp3) is 0.395. The second kappa shape index (κ2) is 14.2. The minimum atomic E-state index is -0.611. The Morgan fingerprint density at radius 1 is 0.882 bits per heavy atom. The molecule has 2 saturated heterocycles. The number of benzene rings is 2. The van der Waals surface area contributed by atoms with Crippen molar-refractivity contribution in [2.45, 2.75) is 78.0 Å². The molecule has 2 unspecified atom stereocenters. The summed E-state index contributed by atoms with van der Waals surface area (Å²) in [5, 5.41) is 5.84. The van der Waals surface area contributed by atoms with Crippen molar-refractivity contribution in [3.8, 4) is 33.8 Å². The summed E-state index contributed by atoms with van der Waals surface area (Å²) in [6.07, 6.45) is 5.23. The van der Waals surface area contributed by atoms with Gasteiger partial charge in [-0.3, -0.25) is 14.6 Å². The Morgan fingerprint density at radius 3 is 2.20 bits per heavy atom. The number of methoxy groups -OCH3 is 1. The second-order valence-electron chi connectivity index (χ2n) is 13.6. The number of hydrogen-bond acceptors (Lipinski definition) is 7. The van der Waals surface area contributed by atoms with Crippen LogP contribution in [0.1, 0.15) is 79.4 Å². The number of nitrogens with two attached hydrogens (primary N) is 1. The molecule has 2 aliphatic heterocycles. The van der Waals surface area contributed by atoms with Crippen molar-refractivity contribution in [2.24, 2.45) is 5.73 Å². The summed E-state index contributed by atoms with van der Waals surface area (Å²) in [5.74, 6) is -0.164. The summed E-state index contributed by atoms with van der Waals surface area (Å²) in [6.45, 7) is 10.6. The molecule has 4 aromatic rings. The number of carbonyl (C=O) groups is 3. The number of amides is 3. The summed E-state index contributed by atoms with van der Waals surface area (Å²) in [6, 6.07) is 10.5. The number of fused-ring (bicyclic) bond motifs is 4. The van der Waals surface area contributed by atoms with Crippen LogP contribution in [0.2, 0.25) is 10.0 Å². The molecule has 0 radical (unpaired) electrons. The van der Waals surface area contributed by atoms with Crippen LogP contribution in [0.25, 0.3) is 28.1 Å². The molecule has 0 bridgehead atoms. The molecule has 2 fully saturated rings. The molecule has 4 heterocycles. The first kappa shape index (κ1) is 36.2. The highest BCUT2D eigenvalue weighted by molar-refractivity contribution is 6.34. The lowest BCUT2D eigenvalue weighted by atomic mass is 9.86. The molecule has 2 atom stereocenters. The van der Waals surface area contributed by atoms with Crippen LogP contribution >= 0.6 is 23.2 Å². The third kappa shape index (κ3) is 6.89. The average Bonchev–Trinajstić information content (AvgIpc) is 3.81. The van der Waals surface area contributed by atoms with Crippen LogP contribution in [0.4, 0.5) is 4.79 Å². The first-order valence-electron chi connectivity index (χ1n) is 17.2. The maximum Gasteiger partial charge on any atom is 0.410 e. The Hall–Kier alpha value is -4.61. The van der Waals surface area contributed by atoms with Gasteiger partial charge in [-0.1, -0.05) is 37.0 Å². The molecular weight excluding hydrogens is 691 g/mol. The van der Waals surface area contributed by atoms with Gasteiger partial charge in [0.25, 0.3) is 5.91 Å². The van der Waals surface area contributed by atoms with Gasteiger partial charge in [0.05, 0.1) is 36.1 Å². The van der Waals surface area contributed by atoms with E-state index in [4.69, 9.17) is 43.5 Å². The number of primary amides is 1.